The fourth-order valence-corrected chi connectivity index (χ4v) is 3.53. The van der Waals surface area contributed by atoms with E-state index in [1.807, 2.05) is 0 Å². The molecule has 0 radical (unpaired) electrons. The van der Waals surface area contributed by atoms with Crippen molar-refractivity contribution >= 4 is 15.7 Å². The first-order valence-corrected chi connectivity index (χ1v) is 9.52. The Morgan fingerprint density at radius 3 is 2.22 bits per heavy atom. The fourth-order valence-electron chi connectivity index (χ4n) is 2.45. The quantitative estimate of drug-likeness (QED) is 0.570. The third-order valence-electron chi connectivity index (χ3n) is 3.80. The number of hydrogen-bond acceptors (Lipinski definition) is 6. The van der Waals surface area contributed by atoms with Gasteiger partial charge in [0, 0.05) is 29.2 Å². The summed E-state index contributed by atoms with van der Waals surface area (Å²) >= 11 is 0. The van der Waals surface area contributed by atoms with Crippen LogP contribution in [0.3, 0.4) is 0 Å². The highest BCUT2D eigenvalue weighted by atomic mass is 32.2. The zero-order valence-corrected chi connectivity index (χ0v) is 14.8. The minimum atomic E-state index is -3.63. The Bertz CT molecular complexity index is 1140. The number of pyridine rings is 1. The minimum Gasteiger partial charge on any atom is -0.334 e. The maximum atomic E-state index is 12.4. The van der Waals surface area contributed by atoms with E-state index >= 15 is 0 Å². The van der Waals surface area contributed by atoms with Crippen LogP contribution in [-0.2, 0) is 10.0 Å². The van der Waals surface area contributed by atoms with Crippen LogP contribution < -0.4 is 4.72 Å². The summed E-state index contributed by atoms with van der Waals surface area (Å²) in [6, 6.07) is 18.5. The maximum absolute atomic E-state index is 12.4. The Kier molecular flexibility index (Phi) is 4.39. The van der Waals surface area contributed by atoms with Gasteiger partial charge in [0.15, 0.2) is 0 Å². The molecule has 0 aliphatic rings. The molecule has 0 aliphatic carbocycles. The van der Waals surface area contributed by atoms with Crippen LogP contribution in [0.5, 0.6) is 0 Å². The van der Waals surface area contributed by atoms with Gasteiger partial charge in [-0.3, -0.25) is 9.71 Å². The lowest BCUT2D eigenvalue weighted by Crippen LogP contribution is -2.12. The topological polar surface area (TPSA) is 98.0 Å². The van der Waals surface area contributed by atoms with Crippen LogP contribution >= 0.6 is 0 Å². The van der Waals surface area contributed by atoms with Crippen LogP contribution in [0.2, 0.25) is 0 Å². The highest BCUT2D eigenvalue weighted by molar-refractivity contribution is 7.92. The second kappa shape index (κ2) is 7.00. The smallest absolute Gasteiger partial charge is 0.261 e. The molecule has 0 spiro atoms. The summed E-state index contributed by atoms with van der Waals surface area (Å²) in [6.45, 7) is 0. The van der Waals surface area contributed by atoms with Crippen molar-refractivity contribution in [1.82, 2.24) is 15.1 Å². The molecule has 134 valence electrons. The predicted molar refractivity (Wildman–Crippen MR) is 100 cm³/mol. The molecule has 0 bridgehead atoms. The standard InChI is InChI=1S/C19H14N4O3S/c24-27(25,17-4-2-1-3-5-17)23-16-8-6-14(7-9-16)18-21-19(26-22-18)15-10-12-20-13-11-15/h1-13,23H. The van der Waals surface area contributed by atoms with Gasteiger partial charge in [0.1, 0.15) is 0 Å². The third-order valence-corrected chi connectivity index (χ3v) is 5.20. The molecule has 4 rings (SSSR count). The third kappa shape index (κ3) is 3.70. The number of benzene rings is 2. The Balaban J connectivity index is 1.54. The number of nitrogens with zero attached hydrogens (tertiary/aromatic N) is 3. The second-order valence-corrected chi connectivity index (χ2v) is 7.34. The molecule has 27 heavy (non-hydrogen) atoms. The molecule has 0 fully saturated rings. The van der Waals surface area contributed by atoms with Crippen LogP contribution in [0.25, 0.3) is 22.8 Å². The average molecular weight is 378 g/mol. The molecule has 2 heterocycles. The van der Waals surface area contributed by atoms with E-state index in [2.05, 4.69) is 19.8 Å². The number of anilines is 1. The lowest BCUT2D eigenvalue weighted by molar-refractivity contribution is 0.432. The number of nitrogens with one attached hydrogen (secondary N) is 1. The zero-order valence-electron chi connectivity index (χ0n) is 14.0. The summed E-state index contributed by atoms with van der Waals surface area (Å²) < 4.78 is 32.5. The van der Waals surface area contributed by atoms with Crippen molar-refractivity contribution in [2.24, 2.45) is 0 Å². The van der Waals surface area contributed by atoms with E-state index in [-0.39, 0.29) is 4.90 Å². The van der Waals surface area contributed by atoms with Gasteiger partial charge in [-0.1, -0.05) is 23.4 Å². The summed E-state index contributed by atoms with van der Waals surface area (Å²) in [7, 11) is -3.63. The molecular weight excluding hydrogens is 364 g/mol. The molecule has 0 amide bonds. The van der Waals surface area contributed by atoms with Crippen molar-refractivity contribution in [3.63, 3.8) is 0 Å². The summed E-state index contributed by atoms with van der Waals surface area (Å²) in [4.78, 5) is 8.51. The van der Waals surface area contributed by atoms with E-state index < -0.39 is 10.0 Å². The van der Waals surface area contributed by atoms with Gasteiger partial charge in [-0.25, -0.2) is 8.42 Å². The van der Waals surface area contributed by atoms with Gasteiger partial charge in [-0.15, -0.1) is 0 Å². The Morgan fingerprint density at radius 1 is 0.815 bits per heavy atom. The Labute approximate surface area is 155 Å². The van der Waals surface area contributed by atoms with E-state index in [4.69, 9.17) is 4.52 Å². The van der Waals surface area contributed by atoms with Crippen LogP contribution in [0.15, 0.2) is 88.5 Å². The van der Waals surface area contributed by atoms with Gasteiger partial charge in [-0.05, 0) is 48.5 Å². The zero-order chi connectivity index (χ0) is 18.7. The van der Waals surface area contributed by atoms with Crippen LogP contribution in [-0.4, -0.2) is 23.5 Å². The number of aromatic nitrogens is 3. The van der Waals surface area contributed by atoms with Crippen molar-refractivity contribution < 1.29 is 12.9 Å². The van der Waals surface area contributed by atoms with Crippen LogP contribution in [0, 0.1) is 0 Å². The van der Waals surface area contributed by atoms with Crippen LogP contribution in [0.4, 0.5) is 5.69 Å². The van der Waals surface area contributed by atoms with Gasteiger partial charge < -0.3 is 4.52 Å². The average Bonchev–Trinajstić information content (AvgIpc) is 3.20. The Hall–Kier alpha value is -3.52. The normalized spacial score (nSPS) is 11.3. The van der Waals surface area contributed by atoms with Gasteiger partial charge in [0.05, 0.1) is 4.90 Å². The molecule has 0 unspecified atom stereocenters. The summed E-state index contributed by atoms with van der Waals surface area (Å²) in [5.41, 5.74) is 1.93. The first-order valence-electron chi connectivity index (χ1n) is 8.04. The number of sulfonamides is 1. The van der Waals surface area contributed by atoms with E-state index in [0.29, 0.717) is 23.0 Å². The van der Waals surface area contributed by atoms with E-state index in [9.17, 15) is 8.42 Å². The van der Waals surface area contributed by atoms with Crippen molar-refractivity contribution in [3.8, 4) is 22.8 Å². The molecule has 4 aromatic rings. The first-order chi connectivity index (χ1) is 13.1. The van der Waals surface area contributed by atoms with E-state index in [0.717, 1.165) is 5.56 Å². The SMILES string of the molecule is O=S(=O)(Nc1ccc(-c2noc(-c3ccncc3)n2)cc1)c1ccccc1. The number of rotatable bonds is 5. The van der Waals surface area contributed by atoms with Gasteiger partial charge >= 0.3 is 0 Å². The van der Waals surface area contributed by atoms with Crippen molar-refractivity contribution in [2.45, 2.75) is 4.90 Å². The molecule has 0 aliphatic heterocycles. The van der Waals surface area contributed by atoms with E-state index in [1.54, 1.807) is 67.0 Å². The predicted octanol–water partition coefficient (Wildman–Crippen LogP) is 3.60. The lowest BCUT2D eigenvalue weighted by Gasteiger charge is -2.08. The van der Waals surface area contributed by atoms with Crippen molar-refractivity contribution in [3.05, 3.63) is 79.1 Å². The highest BCUT2D eigenvalue weighted by Gasteiger charge is 2.14. The molecule has 1 N–H and O–H groups in total. The van der Waals surface area contributed by atoms with Crippen molar-refractivity contribution in [2.75, 3.05) is 4.72 Å². The molecule has 0 saturated carbocycles. The van der Waals surface area contributed by atoms with Crippen LogP contribution in [0.1, 0.15) is 0 Å². The molecule has 8 heteroatoms. The number of hydrogen-bond donors (Lipinski definition) is 1. The van der Waals surface area contributed by atoms with E-state index in [1.165, 1.54) is 12.1 Å². The molecule has 7 nitrogen and oxygen atoms in total. The maximum Gasteiger partial charge on any atom is 0.261 e. The molecule has 0 atom stereocenters. The summed E-state index contributed by atoms with van der Waals surface area (Å²) in [6.07, 6.45) is 3.29. The second-order valence-electron chi connectivity index (χ2n) is 5.65. The Morgan fingerprint density at radius 2 is 1.52 bits per heavy atom. The van der Waals surface area contributed by atoms with Gasteiger partial charge in [0.25, 0.3) is 15.9 Å². The van der Waals surface area contributed by atoms with Gasteiger partial charge in [0.2, 0.25) is 5.82 Å². The fraction of sp³-hybridized carbons (Fsp3) is 0. The first kappa shape index (κ1) is 16.9. The minimum absolute atomic E-state index is 0.203. The van der Waals surface area contributed by atoms with Crippen molar-refractivity contribution in [1.29, 1.82) is 0 Å². The lowest BCUT2D eigenvalue weighted by atomic mass is 10.2. The van der Waals surface area contributed by atoms with Gasteiger partial charge in [-0.2, -0.15) is 4.98 Å². The molecule has 2 aromatic carbocycles. The molecule has 2 aromatic heterocycles. The molecule has 0 saturated heterocycles. The summed E-state index contributed by atoms with van der Waals surface area (Å²) in [5, 5.41) is 3.97. The largest absolute Gasteiger partial charge is 0.334 e. The summed E-state index contributed by atoms with van der Waals surface area (Å²) in [5.74, 6) is 0.806. The highest BCUT2D eigenvalue weighted by Crippen LogP contribution is 2.24. The monoisotopic (exact) mass is 378 g/mol. The molecular formula is C19H14N4O3S.